The number of carbonyl (C=O) groups excluding carboxylic acids is 1. The number of piperidine rings is 1. The molecule has 0 bridgehead atoms. The zero-order valence-corrected chi connectivity index (χ0v) is 8.43. The van der Waals surface area contributed by atoms with Crippen LogP contribution in [0, 0.1) is 5.92 Å². The number of nitrogens with one attached hydrogen (secondary N) is 1. The molecular weight excluding hydrogens is 211 g/mol. The smallest absolute Gasteiger partial charge is 0.403 e. The molecule has 2 atom stereocenters. The maximum absolute atomic E-state index is 12.3. The van der Waals surface area contributed by atoms with E-state index in [2.05, 4.69) is 5.32 Å². The molecule has 1 N–H and O–H groups in total. The normalized spacial score (nSPS) is 27.5. The Labute approximate surface area is 86.0 Å². The van der Waals surface area contributed by atoms with Gasteiger partial charge in [0.25, 0.3) is 0 Å². The number of esters is 1. The summed E-state index contributed by atoms with van der Waals surface area (Å²) in [5.74, 6) is -1.15. The topological polar surface area (TPSA) is 38.3 Å². The molecule has 3 nitrogen and oxygen atoms in total. The Balaban J connectivity index is 2.52. The van der Waals surface area contributed by atoms with Gasteiger partial charge in [-0.25, -0.2) is 0 Å². The van der Waals surface area contributed by atoms with Gasteiger partial charge in [-0.05, 0) is 26.3 Å². The first-order valence-corrected chi connectivity index (χ1v) is 4.92. The third kappa shape index (κ3) is 3.37. The highest BCUT2D eigenvalue weighted by molar-refractivity contribution is 5.72. The first-order valence-electron chi connectivity index (χ1n) is 4.92. The Bertz CT molecular complexity index is 230. The van der Waals surface area contributed by atoms with Crippen molar-refractivity contribution in [2.24, 2.45) is 5.92 Å². The fourth-order valence-corrected chi connectivity index (χ4v) is 1.64. The van der Waals surface area contributed by atoms with Gasteiger partial charge < -0.3 is 10.1 Å². The number of carbonyl (C=O) groups is 1. The van der Waals surface area contributed by atoms with Crippen molar-refractivity contribution in [1.29, 1.82) is 0 Å². The maximum Gasteiger partial charge on any atom is 0.403 e. The molecule has 88 valence electrons. The van der Waals surface area contributed by atoms with Gasteiger partial charge in [-0.3, -0.25) is 4.79 Å². The third-order valence-electron chi connectivity index (χ3n) is 2.42. The van der Waals surface area contributed by atoms with Crippen molar-refractivity contribution in [2.75, 3.05) is 13.2 Å². The van der Waals surface area contributed by atoms with Crippen LogP contribution >= 0.6 is 0 Å². The first kappa shape index (κ1) is 12.3. The lowest BCUT2D eigenvalue weighted by atomic mass is 9.92. The van der Waals surface area contributed by atoms with Crippen LogP contribution in [-0.4, -0.2) is 31.3 Å². The molecular formula is C9H14F3NO2. The van der Waals surface area contributed by atoms with E-state index in [1.807, 2.05) is 0 Å². The highest BCUT2D eigenvalue weighted by atomic mass is 19.4. The van der Waals surface area contributed by atoms with Gasteiger partial charge in [-0.1, -0.05) is 0 Å². The van der Waals surface area contributed by atoms with E-state index in [4.69, 9.17) is 4.74 Å². The molecule has 0 aliphatic carbocycles. The average Bonchev–Trinajstić information content (AvgIpc) is 2.17. The summed E-state index contributed by atoms with van der Waals surface area (Å²) < 4.78 is 41.8. The summed E-state index contributed by atoms with van der Waals surface area (Å²) in [5.41, 5.74) is 0. The van der Waals surface area contributed by atoms with Gasteiger partial charge in [0.05, 0.1) is 12.5 Å². The van der Waals surface area contributed by atoms with Crippen molar-refractivity contribution in [3.8, 4) is 0 Å². The van der Waals surface area contributed by atoms with Gasteiger partial charge in [0.1, 0.15) is 6.04 Å². The van der Waals surface area contributed by atoms with Crippen molar-refractivity contribution in [1.82, 2.24) is 5.32 Å². The zero-order chi connectivity index (χ0) is 11.5. The summed E-state index contributed by atoms with van der Waals surface area (Å²) in [6.45, 7) is 2.05. The second-order valence-electron chi connectivity index (χ2n) is 3.52. The van der Waals surface area contributed by atoms with Gasteiger partial charge in [0.15, 0.2) is 0 Å². The molecule has 0 spiro atoms. The third-order valence-corrected chi connectivity index (χ3v) is 2.42. The number of rotatable bonds is 2. The van der Waals surface area contributed by atoms with Gasteiger partial charge in [-0.2, -0.15) is 13.2 Å². The van der Waals surface area contributed by atoms with Crippen LogP contribution < -0.4 is 5.32 Å². The van der Waals surface area contributed by atoms with Crippen LogP contribution in [-0.2, 0) is 9.53 Å². The van der Waals surface area contributed by atoms with Gasteiger partial charge in [-0.15, -0.1) is 0 Å². The Morgan fingerprint density at radius 1 is 1.53 bits per heavy atom. The van der Waals surface area contributed by atoms with Gasteiger partial charge >= 0.3 is 12.1 Å². The van der Waals surface area contributed by atoms with Crippen LogP contribution in [0.15, 0.2) is 0 Å². The van der Waals surface area contributed by atoms with E-state index in [0.29, 0.717) is 6.42 Å². The standard InChI is InChI=1S/C9H14F3NO2/c1-2-15-8(14)6-3-4-13-7(5-6)9(10,11)12/h6-7,13H,2-5H2,1H3/t6-,7+/m0/s1. The fourth-order valence-electron chi connectivity index (χ4n) is 1.64. The molecule has 15 heavy (non-hydrogen) atoms. The van der Waals surface area contributed by atoms with Crippen LogP contribution in [0.1, 0.15) is 19.8 Å². The van der Waals surface area contributed by atoms with Gasteiger partial charge in [0.2, 0.25) is 0 Å². The number of alkyl halides is 3. The minimum Gasteiger partial charge on any atom is -0.466 e. The van der Waals surface area contributed by atoms with Crippen molar-refractivity contribution < 1.29 is 22.7 Å². The molecule has 0 aromatic rings. The van der Waals surface area contributed by atoms with Crippen molar-refractivity contribution in [2.45, 2.75) is 32.0 Å². The summed E-state index contributed by atoms with van der Waals surface area (Å²) in [7, 11) is 0. The molecule has 1 fully saturated rings. The number of ether oxygens (including phenoxy) is 1. The van der Waals surface area contributed by atoms with E-state index >= 15 is 0 Å². The highest BCUT2D eigenvalue weighted by Gasteiger charge is 2.43. The Hall–Kier alpha value is -0.780. The summed E-state index contributed by atoms with van der Waals surface area (Å²) in [6.07, 6.45) is -4.10. The van der Waals surface area contributed by atoms with E-state index in [9.17, 15) is 18.0 Å². The summed E-state index contributed by atoms with van der Waals surface area (Å²) >= 11 is 0. The SMILES string of the molecule is CCOC(=O)[C@H]1CCN[C@@H](C(F)(F)F)C1. The van der Waals surface area contributed by atoms with E-state index in [1.54, 1.807) is 6.92 Å². The highest BCUT2D eigenvalue weighted by Crippen LogP contribution is 2.29. The second-order valence-corrected chi connectivity index (χ2v) is 3.52. The molecule has 1 rings (SSSR count). The minimum absolute atomic E-state index is 0.202. The predicted octanol–water partition coefficient (Wildman–Crippen LogP) is 1.48. The Kier molecular flexibility index (Phi) is 3.96. The summed E-state index contributed by atoms with van der Waals surface area (Å²) in [6, 6.07) is -1.58. The van der Waals surface area contributed by atoms with Crippen LogP contribution in [0.3, 0.4) is 0 Å². The molecule has 0 saturated carbocycles. The molecule has 6 heteroatoms. The lowest BCUT2D eigenvalue weighted by molar-refractivity contribution is -0.170. The van der Waals surface area contributed by atoms with Crippen molar-refractivity contribution >= 4 is 5.97 Å². The summed E-state index contributed by atoms with van der Waals surface area (Å²) in [4.78, 5) is 11.3. The lowest BCUT2D eigenvalue weighted by Crippen LogP contribution is -2.49. The number of halogens is 3. The molecule has 1 aliphatic heterocycles. The molecule has 0 aromatic heterocycles. The van der Waals surface area contributed by atoms with E-state index in [0.717, 1.165) is 0 Å². The van der Waals surface area contributed by atoms with Crippen molar-refractivity contribution in [3.05, 3.63) is 0 Å². The zero-order valence-electron chi connectivity index (χ0n) is 8.43. The molecule has 1 aliphatic rings. The predicted molar refractivity (Wildman–Crippen MR) is 47.2 cm³/mol. The number of hydrogen-bond donors (Lipinski definition) is 1. The fraction of sp³-hybridized carbons (Fsp3) is 0.889. The minimum atomic E-state index is -4.29. The van der Waals surface area contributed by atoms with E-state index in [1.165, 1.54) is 0 Å². The maximum atomic E-state index is 12.3. The summed E-state index contributed by atoms with van der Waals surface area (Å²) in [5, 5.41) is 2.35. The van der Waals surface area contributed by atoms with Crippen LogP contribution in [0.2, 0.25) is 0 Å². The van der Waals surface area contributed by atoms with E-state index < -0.39 is 24.1 Å². The van der Waals surface area contributed by atoms with Crippen LogP contribution in [0.4, 0.5) is 13.2 Å². The Morgan fingerprint density at radius 3 is 2.73 bits per heavy atom. The Morgan fingerprint density at radius 2 is 2.20 bits per heavy atom. The van der Waals surface area contributed by atoms with E-state index in [-0.39, 0.29) is 19.6 Å². The first-order chi connectivity index (χ1) is 6.95. The monoisotopic (exact) mass is 225 g/mol. The largest absolute Gasteiger partial charge is 0.466 e. The molecule has 1 saturated heterocycles. The van der Waals surface area contributed by atoms with Crippen molar-refractivity contribution in [3.63, 3.8) is 0 Å². The van der Waals surface area contributed by atoms with Crippen LogP contribution in [0.5, 0.6) is 0 Å². The second kappa shape index (κ2) is 4.83. The molecule has 1 heterocycles. The van der Waals surface area contributed by atoms with Gasteiger partial charge in [0, 0.05) is 0 Å². The molecule has 0 aromatic carbocycles. The van der Waals surface area contributed by atoms with Crippen LogP contribution in [0.25, 0.3) is 0 Å². The molecule has 0 amide bonds. The molecule has 0 radical (unpaired) electrons. The lowest BCUT2D eigenvalue weighted by Gasteiger charge is -2.30. The molecule has 0 unspecified atom stereocenters. The number of hydrogen-bond acceptors (Lipinski definition) is 3. The quantitative estimate of drug-likeness (QED) is 0.723. The average molecular weight is 225 g/mol.